The summed E-state index contributed by atoms with van der Waals surface area (Å²) in [5.74, 6) is 1.56. The Kier molecular flexibility index (Phi) is 5.93. The van der Waals surface area contributed by atoms with Crippen molar-refractivity contribution in [1.82, 2.24) is 9.78 Å². The fraction of sp³-hybridized carbons (Fsp3) is 0.306. The number of aromatic nitrogens is 2. The van der Waals surface area contributed by atoms with Gasteiger partial charge in [-0.15, -0.1) is 0 Å². The Morgan fingerprint density at radius 3 is 2.18 bits per heavy atom. The third-order valence-electron chi connectivity index (χ3n) is 9.34. The first kappa shape index (κ1) is 24.4. The van der Waals surface area contributed by atoms with Gasteiger partial charge < -0.3 is 5.73 Å². The molecule has 0 bridgehead atoms. The fourth-order valence-electron chi connectivity index (χ4n) is 6.47. The molecule has 0 saturated heterocycles. The second kappa shape index (κ2) is 9.50. The number of hydrogen-bond acceptors (Lipinski definition) is 2. The van der Waals surface area contributed by atoms with Crippen LogP contribution in [0.15, 0.2) is 90.5 Å². The summed E-state index contributed by atoms with van der Waals surface area (Å²) < 4.78 is 2.12. The number of nitrogens with two attached hydrogens (primary N) is 1. The van der Waals surface area contributed by atoms with Crippen molar-refractivity contribution >= 4 is 17.3 Å². The van der Waals surface area contributed by atoms with Crippen molar-refractivity contribution in [3.63, 3.8) is 0 Å². The highest BCUT2D eigenvalue weighted by Gasteiger charge is 2.35. The molecule has 2 N–H and O–H groups in total. The summed E-state index contributed by atoms with van der Waals surface area (Å²) >= 11 is 0. The molecule has 4 aromatic rings. The Labute approximate surface area is 232 Å². The van der Waals surface area contributed by atoms with Crippen LogP contribution >= 0.6 is 0 Å². The van der Waals surface area contributed by atoms with Crippen molar-refractivity contribution in [2.24, 2.45) is 11.7 Å². The molecule has 2 saturated carbocycles. The summed E-state index contributed by atoms with van der Waals surface area (Å²) in [5, 5.41) is 5.12. The van der Waals surface area contributed by atoms with Crippen molar-refractivity contribution in [2.75, 3.05) is 0 Å². The Balaban J connectivity index is 1.29. The van der Waals surface area contributed by atoms with E-state index in [9.17, 15) is 0 Å². The van der Waals surface area contributed by atoms with Crippen LogP contribution in [0.2, 0.25) is 0 Å². The largest absolute Gasteiger partial charge is 0.321 e. The predicted octanol–water partition coefficient (Wildman–Crippen LogP) is 8.43. The molecule has 2 heterocycles. The van der Waals surface area contributed by atoms with Gasteiger partial charge in [-0.3, -0.25) is 0 Å². The van der Waals surface area contributed by atoms with Crippen LogP contribution in [0.5, 0.6) is 0 Å². The lowest BCUT2D eigenvalue weighted by Gasteiger charge is -2.38. The molecule has 3 aliphatic rings. The van der Waals surface area contributed by atoms with Crippen LogP contribution in [0, 0.1) is 5.92 Å². The zero-order valence-electron chi connectivity index (χ0n) is 23.0. The maximum Gasteiger partial charge on any atom is 0.0930 e. The van der Waals surface area contributed by atoms with E-state index in [1.807, 2.05) is 0 Å². The number of allylic oxidation sites excluding steroid dienone is 3. The van der Waals surface area contributed by atoms with Crippen molar-refractivity contribution < 1.29 is 0 Å². The standard InChI is InChI=1S/C36H37N3/c1-24-9-18-31-22-34(28-12-10-27(11-13-28)32-21-25(32)2)38-39(31)23-33(26-7-4-3-5-8-26)35(24)29-14-16-30(17-15-29)36(37)19-6-20-36/h3-5,7-8,10-17,22-23,25,32H,6,9,18-21,37H2,1-2H3. The lowest BCUT2D eigenvalue weighted by Crippen LogP contribution is -2.43. The van der Waals surface area contributed by atoms with Gasteiger partial charge in [0.15, 0.2) is 0 Å². The van der Waals surface area contributed by atoms with Crippen molar-refractivity contribution in [2.45, 2.75) is 63.8 Å². The quantitative estimate of drug-likeness (QED) is 0.292. The molecule has 2 fully saturated rings. The van der Waals surface area contributed by atoms with Gasteiger partial charge in [0.25, 0.3) is 0 Å². The van der Waals surface area contributed by atoms with Crippen LogP contribution in [-0.2, 0) is 12.0 Å². The molecule has 1 aromatic heterocycles. The minimum absolute atomic E-state index is 0.142. The van der Waals surface area contributed by atoms with Crippen LogP contribution < -0.4 is 5.73 Å². The third kappa shape index (κ3) is 4.49. The van der Waals surface area contributed by atoms with Crippen molar-refractivity contribution in [1.29, 1.82) is 0 Å². The second-order valence-corrected chi connectivity index (χ2v) is 12.1. The van der Waals surface area contributed by atoms with Crippen molar-refractivity contribution in [3.8, 4) is 11.3 Å². The number of rotatable bonds is 5. The minimum atomic E-state index is -0.142. The fourth-order valence-corrected chi connectivity index (χ4v) is 6.47. The molecule has 1 aliphatic heterocycles. The molecule has 3 nitrogen and oxygen atoms in total. The molecule has 3 heteroatoms. The van der Waals surface area contributed by atoms with E-state index in [4.69, 9.17) is 10.8 Å². The zero-order valence-corrected chi connectivity index (χ0v) is 23.0. The van der Waals surface area contributed by atoms with Gasteiger partial charge >= 0.3 is 0 Å². The molecule has 0 radical (unpaired) electrons. The van der Waals surface area contributed by atoms with Crippen LogP contribution in [-0.4, -0.2) is 9.78 Å². The molecule has 2 atom stereocenters. The predicted molar refractivity (Wildman–Crippen MR) is 162 cm³/mol. The lowest BCUT2D eigenvalue weighted by atomic mass is 9.72. The molecule has 0 amide bonds. The number of nitrogens with zero attached hydrogens (tertiary/aromatic N) is 2. The summed E-state index contributed by atoms with van der Waals surface area (Å²) in [6.07, 6.45) is 8.90. The van der Waals surface area contributed by atoms with E-state index in [1.165, 1.54) is 63.1 Å². The van der Waals surface area contributed by atoms with Gasteiger partial charge in [-0.25, -0.2) is 4.68 Å². The zero-order chi connectivity index (χ0) is 26.6. The highest BCUT2D eigenvalue weighted by molar-refractivity contribution is 6.10. The van der Waals surface area contributed by atoms with Gasteiger partial charge in [0, 0.05) is 28.6 Å². The highest BCUT2D eigenvalue weighted by Crippen LogP contribution is 2.47. The summed E-state index contributed by atoms with van der Waals surface area (Å²) in [4.78, 5) is 0. The summed E-state index contributed by atoms with van der Waals surface area (Å²) in [6.45, 7) is 4.63. The van der Waals surface area contributed by atoms with Crippen LogP contribution in [0.1, 0.15) is 79.8 Å². The van der Waals surface area contributed by atoms with E-state index in [2.05, 4.69) is 110 Å². The topological polar surface area (TPSA) is 43.8 Å². The Hall–Kier alpha value is -3.69. The van der Waals surface area contributed by atoms with Gasteiger partial charge in [0.05, 0.1) is 5.69 Å². The van der Waals surface area contributed by atoms with Gasteiger partial charge in [-0.2, -0.15) is 5.10 Å². The molecule has 196 valence electrons. The molecule has 2 unspecified atom stereocenters. The first-order valence-electron chi connectivity index (χ1n) is 14.5. The van der Waals surface area contributed by atoms with E-state index >= 15 is 0 Å². The normalized spacial score (nSPS) is 21.9. The van der Waals surface area contributed by atoms with E-state index in [1.54, 1.807) is 0 Å². The average molecular weight is 512 g/mol. The summed E-state index contributed by atoms with van der Waals surface area (Å²) in [6, 6.07) is 31.2. The molecule has 7 rings (SSSR count). The SMILES string of the molecule is CC1=C(c2ccc(C3(N)CCC3)cc2)C(c2ccccc2)=Cn2nc(-c3ccc(C4CC4C)cc3)cc2CC1. The van der Waals surface area contributed by atoms with Crippen molar-refractivity contribution in [3.05, 3.63) is 118 Å². The van der Waals surface area contributed by atoms with Gasteiger partial charge in [0.2, 0.25) is 0 Å². The molecule has 39 heavy (non-hydrogen) atoms. The maximum absolute atomic E-state index is 6.64. The Morgan fingerprint density at radius 1 is 0.846 bits per heavy atom. The number of benzene rings is 3. The Morgan fingerprint density at radius 2 is 1.54 bits per heavy atom. The van der Waals surface area contributed by atoms with E-state index in [0.717, 1.165) is 43.2 Å². The Bertz CT molecular complexity index is 1560. The smallest absolute Gasteiger partial charge is 0.0930 e. The van der Waals surface area contributed by atoms with Gasteiger partial charge in [-0.1, -0.05) is 91.4 Å². The molecule has 0 spiro atoms. The van der Waals surface area contributed by atoms with Crippen LogP contribution in [0.4, 0.5) is 0 Å². The summed E-state index contributed by atoms with van der Waals surface area (Å²) in [5.41, 5.74) is 19.1. The van der Waals surface area contributed by atoms with E-state index in [-0.39, 0.29) is 5.54 Å². The van der Waals surface area contributed by atoms with E-state index < -0.39 is 0 Å². The summed E-state index contributed by atoms with van der Waals surface area (Å²) in [7, 11) is 0. The average Bonchev–Trinajstić information content (AvgIpc) is 3.55. The molecular weight excluding hydrogens is 474 g/mol. The minimum Gasteiger partial charge on any atom is -0.321 e. The second-order valence-electron chi connectivity index (χ2n) is 12.1. The number of hydrogen-bond donors (Lipinski definition) is 1. The van der Waals surface area contributed by atoms with Gasteiger partial charge in [0.1, 0.15) is 0 Å². The maximum atomic E-state index is 6.64. The number of fused-ring (bicyclic) bond motifs is 1. The lowest BCUT2D eigenvalue weighted by molar-refractivity contribution is 0.253. The first-order valence-corrected chi connectivity index (χ1v) is 14.5. The molecule has 3 aromatic carbocycles. The van der Waals surface area contributed by atoms with E-state index in [0.29, 0.717) is 0 Å². The van der Waals surface area contributed by atoms with Gasteiger partial charge in [-0.05, 0) is 91.2 Å². The highest BCUT2D eigenvalue weighted by atomic mass is 15.3. The van der Waals surface area contributed by atoms with Crippen LogP contribution in [0.3, 0.4) is 0 Å². The van der Waals surface area contributed by atoms with Crippen LogP contribution in [0.25, 0.3) is 28.6 Å². The molecule has 2 aliphatic carbocycles. The first-order chi connectivity index (χ1) is 19.0. The third-order valence-corrected chi connectivity index (χ3v) is 9.34. The monoisotopic (exact) mass is 511 g/mol. The number of aryl methyl sites for hydroxylation is 1. The molecular formula is C36H37N3.